The summed E-state index contributed by atoms with van der Waals surface area (Å²) in [6, 6.07) is 7.53. The number of rotatable bonds is 5. The molecular formula is C19H25NO3. The molecule has 2 fully saturated rings. The van der Waals surface area contributed by atoms with E-state index in [0.717, 1.165) is 37.2 Å². The largest absolute Gasteiger partial charge is 0.478 e. The van der Waals surface area contributed by atoms with Crippen molar-refractivity contribution in [3.63, 3.8) is 0 Å². The molecule has 23 heavy (non-hydrogen) atoms. The Labute approximate surface area is 137 Å². The molecular weight excluding hydrogens is 290 g/mol. The average Bonchev–Trinajstić information content (AvgIpc) is 3.35. The molecule has 0 spiro atoms. The SMILES string of the molecule is CC1CCC(N(C(=O)Cc2ccc(C(=O)O)cc2)C2CC2)CC1. The highest BCUT2D eigenvalue weighted by Gasteiger charge is 2.38. The van der Waals surface area contributed by atoms with Crippen LogP contribution in [0.1, 0.15) is 61.4 Å². The predicted octanol–water partition coefficient (Wildman–Crippen LogP) is 3.50. The van der Waals surface area contributed by atoms with E-state index in [1.807, 2.05) is 0 Å². The van der Waals surface area contributed by atoms with Crippen LogP contribution >= 0.6 is 0 Å². The van der Waals surface area contributed by atoms with Crippen molar-refractivity contribution in [1.82, 2.24) is 4.90 Å². The molecule has 2 aliphatic carbocycles. The number of carbonyl (C=O) groups excluding carboxylic acids is 1. The standard InChI is InChI=1S/C19H25NO3/c1-13-2-8-16(9-3-13)20(17-10-11-17)18(21)12-14-4-6-15(7-5-14)19(22)23/h4-7,13,16-17H,2-3,8-12H2,1H3,(H,22,23). The molecule has 0 radical (unpaired) electrons. The Hall–Kier alpha value is -1.84. The van der Waals surface area contributed by atoms with Crippen molar-refractivity contribution in [2.45, 2.75) is 64.0 Å². The fourth-order valence-electron chi connectivity index (χ4n) is 3.61. The number of hydrogen-bond acceptors (Lipinski definition) is 2. The van der Waals surface area contributed by atoms with Gasteiger partial charge in [0.15, 0.2) is 0 Å². The van der Waals surface area contributed by atoms with Crippen molar-refractivity contribution in [3.05, 3.63) is 35.4 Å². The molecule has 3 rings (SSSR count). The molecule has 0 bridgehead atoms. The number of nitrogens with zero attached hydrogens (tertiary/aromatic N) is 1. The molecule has 1 aromatic rings. The van der Waals surface area contributed by atoms with Crippen LogP contribution < -0.4 is 0 Å². The maximum atomic E-state index is 12.8. The zero-order valence-corrected chi connectivity index (χ0v) is 13.7. The van der Waals surface area contributed by atoms with E-state index < -0.39 is 5.97 Å². The first-order chi connectivity index (χ1) is 11.0. The van der Waals surface area contributed by atoms with Crippen molar-refractivity contribution in [2.75, 3.05) is 0 Å². The Morgan fingerprint density at radius 1 is 1.00 bits per heavy atom. The van der Waals surface area contributed by atoms with E-state index in [1.54, 1.807) is 24.3 Å². The highest BCUT2D eigenvalue weighted by molar-refractivity contribution is 5.87. The number of hydrogen-bond donors (Lipinski definition) is 1. The van der Waals surface area contributed by atoms with Gasteiger partial charge in [-0.2, -0.15) is 0 Å². The fraction of sp³-hybridized carbons (Fsp3) is 0.579. The molecule has 0 heterocycles. The Morgan fingerprint density at radius 3 is 2.00 bits per heavy atom. The zero-order chi connectivity index (χ0) is 16.4. The van der Waals surface area contributed by atoms with E-state index in [0.29, 0.717) is 18.5 Å². The predicted molar refractivity (Wildman–Crippen MR) is 88.4 cm³/mol. The van der Waals surface area contributed by atoms with Gasteiger partial charge in [-0.3, -0.25) is 4.79 Å². The maximum absolute atomic E-state index is 12.8. The molecule has 0 saturated heterocycles. The number of aromatic carboxylic acids is 1. The first-order valence-electron chi connectivity index (χ1n) is 8.68. The Bertz CT molecular complexity index is 569. The highest BCUT2D eigenvalue weighted by atomic mass is 16.4. The van der Waals surface area contributed by atoms with Crippen molar-refractivity contribution < 1.29 is 14.7 Å². The van der Waals surface area contributed by atoms with E-state index in [1.165, 1.54) is 12.8 Å². The lowest BCUT2D eigenvalue weighted by Crippen LogP contribution is -2.44. The number of amides is 1. The summed E-state index contributed by atoms with van der Waals surface area (Å²) in [6.45, 7) is 2.30. The van der Waals surface area contributed by atoms with Crippen LogP contribution in [-0.4, -0.2) is 34.0 Å². The maximum Gasteiger partial charge on any atom is 0.335 e. The number of carbonyl (C=O) groups is 2. The van der Waals surface area contributed by atoms with E-state index in [2.05, 4.69) is 11.8 Å². The van der Waals surface area contributed by atoms with E-state index in [9.17, 15) is 9.59 Å². The van der Waals surface area contributed by atoms with Gasteiger partial charge in [-0.15, -0.1) is 0 Å². The molecule has 1 amide bonds. The van der Waals surface area contributed by atoms with Gasteiger partial charge in [0.1, 0.15) is 0 Å². The second-order valence-corrected chi connectivity index (χ2v) is 7.12. The summed E-state index contributed by atoms with van der Waals surface area (Å²) in [6.07, 6.45) is 7.33. The zero-order valence-electron chi connectivity index (χ0n) is 13.7. The van der Waals surface area contributed by atoms with Gasteiger partial charge in [-0.1, -0.05) is 19.1 Å². The highest BCUT2D eigenvalue weighted by Crippen LogP contribution is 2.35. The van der Waals surface area contributed by atoms with Crippen molar-refractivity contribution in [3.8, 4) is 0 Å². The molecule has 1 aromatic carbocycles. The van der Waals surface area contributed by atoms with Gasteiger partial charge in [0.05, 0.1) is 12.0 Å². The Balaban J connectivity index is 1.65. The fourth-order valence-corrected chi connectivity index (χ4v) is 3.61. The van der Waals surface area contributed by atoms with E-state index in [-0.39, 0.29) is 11.5 Å². The molecule has 0 aliphatic heterocycles. The van der Waals surface area contributed by atoms with Gasteiger partial charge < -0.3 is 10.0 Å². The van der Waals surface area contributed by atoms with E-state index >= 15 is 0 Å². The molecule has 4 heteroatoms. The van der Waals surface area contributed by atoms with Crippen molar-refractivity contribution >= 4 is 11.9 Å². The van der Waals surface area contributed by atoms with Crippen LogP contribution in [-0.2, 0) is 11.2 Å². The molecule has 0 unspecified atom stereocenters. The lowest BCUT2D eigenvalue weighted by Gasteiger charge is -2.36. The molecule has 0 atom stereocenters. The topological polar surface area (TPSA) is 57.6 Å². The summed E-state index contributed by atoms with van der Waals surface area (Å²) >= 11 is 0. The van der Waals surface area contributed by atoms with Gasteiger partial charge in [-0.25, -0.2) is 4.79 Å². The van der Waals surface area contributed by atoms with Crippen LogP contribution in [0.5, 0.6) is 0 Å². The summed E-state index contributed by atoms with van der Waals surface area (Å²) in [7, 11) is 0. The normalized spacial score (nSPS) is 24.2. The summed E-state index contributed by atoms with van der Waals surface area (Å²) < 4.78 is 0. The molecule has 2 aliphatic rings. The summed E-state index contributed by atoms with van der Waals surface area (Å²) in [4.78, 5) is 25.9. The van der Waals surface area contributed by atoms with Crippen molar-refractivity contribution in [2.24, 2.45) is 5.92 Å². The van der Waals surface area contributed by atoms with Gasteiger partial charge in [0, 0.05) is 12.1 Å². The molecule has 1 N–H and O–H groups in total. The first-order valence-corrected chi connectivity index (χ1v) is 8.68. The number of benzene rings is 1. The van der Waals surface area contributed by atoms with Crippen LogP contribution in [0, 0.1) is 5.92 Å². The second-order valence-electron chi connectivity index (χ2n) is 7.12. The first kappa shape index (κ1) is 16.0. The minimum Gasteiger partial charge on any atom is -0.478 e. The smallest absolute Gasteiger partial charge is 0.335 e. The van der Waals surface area contributed by atoms with Gasteiger partial charge in [0.2, 0.25) is 5.91 Å². The molecule has 124 valence electrons. The van der Waals surface area contributed by atoms with Gasteiger partial charge >= 0.3 is 5.97 Å². The third-order valence-electron chi connectivity index (χ3n) is 5.16. The summed E-state index contributed by atoms with van der Waals surface area (Å²) in [5.74, 6) is 0.0555. The third kappa shape index (κ3) is 3.92. The quantitative estimate of drug-likeness (QED) is 0.905. The lowest BCUT2D eigenvalue weighted by molar-refractivity contribution is -0.134. The van der Waals surface area contributed by atoms with Crippen LogP contribution in [0.25, 0.3) is 0 Å². The second kappa shape index (κ2) is 6.73. The number of carboxylic acid groups (broad SMARTS) is 1. The monoisotopic (exact) mass is 315 g/mol. The van der Waals surface area contributed by atoms with Crippen LogP contribution in [0.2, 0.25) is 0 Å². The average molecular weight is 315 g/mol. The summed E-state index contributed by atoms with van der Waals surface area (Å²) in [5, 5.41) is 8.94. The van der Waals surface area contributed by atoms with Crippen LogP contribution in [0.15, 0.2) is 24.3 Å². The van der Waals surface area contributed by atoms with E-state index in [4.69, 9.17) is 5.11 Å². The van der Waals surface area contributed by atoms with Gasteiger partial charge in [-0.05, 0) is 62.1 Å². The Morgan fingerprint density at radius 2 is 1.52 bits per heavy atom. The minimum absolute atomic E-state index is 0.204. The van der Waals surface area contributed by atoms with Crippen LogP contribution in [0.3, 0.4) is 0 Å². The third-order valence-corrected chi connectivity index (χ3v) is 5.16. The van der Waals surface area contributed by atoms with Gasteiger partial charge in [0.25, 0.3) is 0 Å². The molecule has 0 aromatic heterocycles. The van der Waals surface area contributed by atoms with Crippen molar-refractivity contribution in [1.29, 1.82) is 0 Å². The summed E-state index contributed by atoms with van der Waals surface area (Å²) in [5.41, 5.74) is 1.16. The Kier molecular flexibility index (Phi) is 4.69. The molecule has 4 nitrogen and oxygen atoms in total. The minimum atomic E-state index is -0.932. The molecule has 2 saturated carbocycles. The van der Waals surface area contributed by atoms with Crippen LogP contribution in [0.4, 0.5) is 0 Å². The lowest BCUT2D eigenvalue weighted by atomic mass is 9.86. The number of carboxylic acids is 1.